The van der Waals surface area contributed by atoms with Crippen molar-refractivity contribution in [2.24, 2.45) is 11.3 Å². The number of nitrogens with zero attached hydrogens (tertiary/aromatic N) is 1. The first kappa shape index (κ1) is 12.0. The molecule has 1 aliphatic heterocycles. The fraction of sp³-hybridized carbons (Fsp3) is 1.00. The number of β-amino-alcohol motifs (C(OH)–C–C–N with tert-alkyl or cyclic N) is 1. The van der Waals surface area contributed by atoms with E-state index in [1.165, 1.54) is 6.42 Å². The Bertz CT molecular complexity index is 193. The quantitative estimate of drug-likeness (QED) is 0.736. The summed E-state index contributed by atoms with van der Waals surface area (Å²) in [5.74, 6) is 0.724. The van der Waals surface area contributed by atoms with Gasteiger partial charge in [0.1, 0.15) is 0 Å². The van der Waals surface area contributed by atoms with Crippen LogP contribution in [0.3, 0.4) is 0 Å². The zero-order valence-corrected chi connectivity index (χ0v) is 10.3. The number of likely N-dealkylation sites (tertiary alicyclic amines) is 1. The molecule has 0 aromatic heterocycles. The number of aliphatic hydroxyl groups is 1. The van der Waals surface area contributed by atoms with Crippen molar-refractivity contribution >= 4 is 0 Å². The Balaban J connectivity index is 2.76. The third kappa shape index (κ3) is 2.12. The second-order valence-electron chi connectivity index (χ2n) is 6.07. The van der Waals surface area contributed by atoms with Crippen molar-refractivity contribution in [1.29, 1.82) is 0 Å². The minimum absolute atomic E-state index is 0.237. The number of hydrogen-bond donors (Lipinski definition) is 1. The molecule has 1 aliphatic rings. The Morgan fingerprint density at radius 1 is 1.36 bits per heavy atom. The van der Waals surface area contributed by atoms with Crippen molar-refractivity contribution in [3.63, 3.8) is 0 Å². The van der Waals surface area contributed by atoms with Crippen LogP contribution < -0.4 is 0 Å². The van der Waals surface area contributed by atoms with Crippen molar-refractivity contribution in [2.75, 3.05) is 19.7 Å². The summed E-state index contributed by atoms with van der Waals surface area (Å²) in [7, 11) is 0. The predicted octanol–water partition coefficient (Wildman–Crippen LogP) is 2.13. The Kier molecular flexibility index (Phi) is 3.27. The van der Waals surface area contributed by atoms with Crippen LogP contribution in [0.25, 0.3) is 0 Å². The molecule has 2 nitrogen and oxygen atoms in total. The lowest BCUT2D eigenvalue weighted by Gasteiger charge is -2.42. The summed E-state index contributed by atoms with van der Waals surface area (Å²) >= 11 is 0. The first-order chi connectivity index (χ1) is 6.30. The van der Waals surface area contributed by atoms with E-state index in [2.05, 4.69) is 39.5 Å². The fourth-order valence-corrected chi connectivity index (χ4v) is 3.16. The summed E-state index contributed by atoms with van der Waals surface area (Å²) in [6, 6.07) is 0. The van der Waals surface area contributed by atoms with Crippen molar-refractivity contribution in [3.05, 3.63) is 0 Å². The molecule has 1 fully saturated rings. The summed E-state index contributed by atoms with van der Waals surface area (Å²) in [6.45, 7) is 13.8. The zero-order valence-electron chi connectivity index (χ0n) is 10.3. The second kappa shape index (κ2) is 3.82. The van der Waals surface area contributed by atoms with E-state index >= 15 is 0 Å². The average Bonchev–Trinajstić information content (AvgIpc) is 2.26. The summed E-state index contributed by atoms with van der Waals surface area (Å²) < 4.78 is 0. The summed E-state index contributed by atoms with van der Waals surface area (Å²) in [4.78, 5) is 2.42. The third-order valence-corrected chi connectivity index (χ3v) is 3.77. The van der Waals surface area contributed by atoms with E-state index in [0.717, 1.165) is 19.0 Å². The first-order valence-electron chi connectivity index (χ1n) is 5.66. The topological polar surface area (TPSA) is 23.5 Å². The maximum absolute atomic E-state index is 9.01. The Morgan fingerprint density at radius 2 is 1.93 bits per heavy atom. The van der Waals surface area contributed by atoms with Crippen molar-refractivity contribution in [2.45, 2.75) is 46.6 Å². The van der Waals surface area contributed by atoms with Gasteiger partial charge in [-0.15, -0.1) is 0 Å². The highest BCUT2D eigenvalue weighted by atomic mass is 16.3. The summed E-state index contributed by atoms with van der Waals surface area (Å²) in [5.41, 5.74) is 0.606. The molecule has 0 amide bonds. The van der Waals surface area contributed by atoms with Gasteiger partial charge in [0.25, 0.3) is 0 Å². The van der Waals surface area contributed by atoms with Gasteiger partial charge in [0, 0.05) is 12.1 Å². The molecule has 1 atom stereocenters. The largest absolute Gasteiger partial charge is 0.395 e. The van der Waals surface area contributed by atoms with Gasteiger partial charge in [0.15, 0.2) is 0 Å². The highest BCUT2D eigenvalue weighted by Crippen LogP contribution is 2.44. The lowest BCUT2D eigenvalue weighted by molar-refractivity contribution is 0.0663. The van der Waals surface area contributed by atoms with Crippen LogP contribution in [-0.4, -0.2) is 35.2 Å². The van der Waals surface area contributed by atoms with Crippen LogP contribution in [0.4, 0.5) is 0 Å². The second-order valence-corrected chi connectivity index (χ2v) is 6.07. The number of hydrogen-bond acceptors (Lipinski definition) is 2. The number of aliphatic hydroxyl groups excluding tert-OH is 1. The maximum Gasteiger partial charge on any atom is 0.0558 e. The van der Waals surface area contributed by atoms with Crippen LogP contribution in [0.2, 0.25) is 0 Å². The lowest BCUT2D eigenvalue weighted by atomic mass is 9.71. The Labute approximate surface area is 88.3 Å². The van der Waals surface area contributed by atoms with Gasteiger partial charge in [-0.05, 0) is 38.1 Å². The summed E-state index contributed by atoms with van der Waals surface area (Å²) in [5, 5.41) is 9.01. The first-order valence-corrected chi connectivity index (χ1v) is 5.66. The Morgan fingerprint density at radius 3 is 2.29 bits per heavy atom. The van der Waals surface area contributed by atoms with Gasteiger partial charge in [-0.2, -0.15) is 0 Å². The molecule has 14 heavy (non-hydrogen) atoms. The molecule has 1 N–H and O–H groups in total. The molecular formula is C12H25NO. The highest BCUT2D eigenvalue weighted by Gasteiger charge is 2.45. The molecule has 2 heteroatoms. The van der Waals surface area contributed by atoms with E-state index in [1.807, 2.05) is 0 Å². The monoisotopic (exact) mass is 199 g/mol. The van der Waals surface area contributed by atoms with Crippen LogP contribution in [0.1, 0.15) is 41.0 Å². The van der Waals surface area contributed by atoms with Crippen LogP contribution in [0.5, 0.6) is 0 Å². The predicted molar refractivity (Wildman–Crippen MR) is 60.3 cm³/mol. The minimum atomic E-state index is 0.237. The SMILES string of the molecule is CC(C)(C)C1CCN(CCO)C1(C)C. The fourth-order valence-electron chi connectivity index (χ4n) is 3.16. The van der Waals surface area contributed by atoms with Gasteiger partial charge < -0.3 is 5.11 Å². The molecule has 0 spiro atoms. The van der Waals surface area contributed by atoms with E-state index in [-0.39, 0.29) is 12.1 Å². The Hall–Kier alpha value is -0.0800. The van der Waals surface area contributed by atoms with Crippen molar-refractivity contribution < 1.29 is 5.11 Å². The molecule has 0 aromatic carbocycles. The standard InChI is InChI=1S/C12H25NO/c1-11(2,3)10-6-7-13(8-9-14)12(10,4)5/h10,14H,6-9H2,1-5H3. The molecule has 0 aromatic rings. The molecule has 1 heterocycles. The van der Waals surface area contributed by atoms with Crippen molar-refractivity contribution in [1.82, 2.24) is 4.90 Å². The number of rotatable bonds is 2. The molecule has 1 unspecified atom stereocenters. The molecular weight excluding hydrogens is 174 g/mol. The van der Waals surface area contributed by atoms with Gasteiger partial charge in [-0.25, -0.2) is 0 Å². The van der Waals surface area contributed by atoms with Gasteiger partial charge in [-0.3, -0.25) is 4.90 Å². The normalized spacial score (nSPS) is 28.3. The van der Waals surface area contributed by atoms with Crippen LogP contribution >= 0.6 is 0 Å². The van der Waals surface area contributed by atoms with Gasteiger partial charge in [0.2, 0.25) is 0 Å². The third-order valence-electron chi connectivity index (χ3n) is 3.77. The average molecular weight is 199 g/mol. The van der Waals surface area contributed by atoms with E-state index < -0.39 is 0 Å². The van der Waals surface area contributed by atoms with E-state index in [4.69, 9.17) is 5.11 Å². The molecule has 0 bridgehead atoms. The molecule has 0 saturated carbocycles. The van der Waals surface area contributed by atoms with Crippen LogP contribution in [-0.2, 0) is 0 Å². The van der Waals surface area contributed by atoms with Gasteiger partial charge >= 0.3 is 0 Å². The van der Waals surface area contributed by atoms with Crippen LogP contribution in [0.15, 0.2) is 0 Å². The molecule has 1 saturated heterocycles. The van der Waals surface area contributed by atoms with E-state index in [9.17, 15) is 0 Å². The lowest BCUT2D eigenvalue weighted by Crippen LogP contribution is -2.47. The molecule has 84 valence electrons. The minimum Gasteiger partial charge on any atom is -0.395 e. The van der Waals surface area contributed by atoms with Gasteiger partial charge in [-0.1, -0.05) is 20.8 Å². The zero-order chi connectivity index (χ0) is 11.0. The van der Waals surface area contributed by atoms with E-state index in [0.29, 0.717) is 5.41 Å². The molecule has 0 radical (unpaired) electrons. The van der Waals surface area contributed by atoms with Crippen LogP contribution in [0, 0.1) is 11.3 Å². The van der Waals surface area contributed by atoms with E-state index in [1.54, 1.807) is 0 Å². The maximum atomic E-state index is 9.01. The smallest absolute Gasteiger partial charge is 0.0558 e. The van der Waals surface area contributed by atoms with Gasteiger partial charge in [0.05, 0.1) is 6.61 Å². The van der Waals surface area contributed by atoms with Crippen molar-refractivity contribution in [3.8, 4) is 0 Å². The molecule has 1 rings (SSSR count). The summed E-state index contributed by atoms with van der Waals surface area (Å²) in [6.07, 6.45) is 1.26. The highest BCUT2D eigenvalue weighted by molar-refractivity contribution is 4.99. The molecule has 0 aliphatic carbocycles.